The lowest BCUT2D eigenvalue weighted by Crippen LogP contribution is -2.22. The van der Waals surface area contributed by atoms with Gasteiger partial charge in [0.25, 0.3) is 5.91 Å². The molecule has 0 aliphatic carbocycles. The minimum Gasteiger partial charge on any atom is -0.465 e. The number of furan rings is 1. The summed E-state index contributed by atoms with van der Waals surface area (Å²) in [6.45, 7) is 7.35. The number of carbonyl (C=O) groups excluding carboxylic acids is 1. The van der Waals surface area contributed by atoms with Crippen LogP contribution in [0.2, 0.25) is 0 Å². The summed E-state index contributed by atoms with van der Waals surface area (Å²) in [5.41, 5.74) is 5.51. The van der Waals surface area contributed by atoms with E-state index in [0.29, 0.717) is 12.1 Å². The van der Waals surface area contributed by atoms with E-state index in [1.165, 1.54) is 16.8 Å². The quantitative estimate of drug-likeness (QED) is 0.527. The molecule has 142 valence electrons. The minimum atomic E-state index is -0.0937. The fourth-order valence-corrected chi connectivity index (χ4v) is 3.61. The first-order valence-electron chi connectivity index (χ1n) is 9.50. The molecular weight excluding hydrogens is 348 g/mol. The van der Waals surface area contributed by atoms with Gasteiger partial charge in [0.15, 0.2) is 0 Å². The van der Waals surface area contributed by atoms with Gasteiger partial charge in [0.05, 0.1) is 6.54 Å². The van der Waals surface area contributed by atoms with Crippen molar-refractivity contribution in [3.63, 3.8) is 0 Å². The first kappa shape index (κ1) is 18.1. The van der Waals surface area contributed by atoms with Gasteiger partial charge < -0.3 is 14.3 Å². The number of carbonyl (C=O) groups is 1. The lowest BCUT2D eigenvalue weighted by molar-refractivity contribution is 0.0948. The fourth-order valence-electron chi connectivity index (χ4n) is 3.61. The molecule has 0 fully saturated rings. The molecule has 2 aromatic carbocycles. The maximum Gasteiger partial charge on any atom is 0.251 e. The first-order chi connectivity index (χ1) is 13.5. The second-order valence-corrected chi connectivity index (χ2v) is 7.21. The minimum absolute atomic E-state index is 0.0937. The number of fused-ring (bicyclic) bond motifs is 1. The molecule has 1 amide bonds. The van der Waals surface area contributed by atoms with Crippen LogP contribution in [0.3, 0.4) is 0 Å². The number of rotatable bonds is 5. The number of aryl methyl sites for hydroxylation is 2. The molecule has 1 N–H and O–H groups in total. The molecule has 0 saturated heterocycles. The lowest BCUT2D eigenvalue weighted by Gasteiger charge is -2.09. The van der Waals surface area contributed by atoms with Gasteiger partial charge in [0.2, 0.25) is 0 Å². The normalized spacial score (nSPS) is 11.1. The van der Waals surface area contributed by atoms with Crippen molar-refractivity contribution < 1.29 is 9.21 Å². The number of nitrogens with zero attached hydrogens (tertiary/aromatic N) is 1. The second kappa shape index (κ2) is 7.39. The Balaban J connectivity index is 1.60. The molecule has 0 aliphatic heterocycles. The Labute approximate surface area is 164 Å². The van der Waals surface area contributed by atoms with Crippen molar-refractivity contribution in [1.29, 1.82) is 0 Å². The summed E-state index contributed by atoms with van der Waals surface area (Å²) in [6.07, 6.45) is 0. The van der Waals surface area contributed by atoms with Gasteiger partial charge in [0.1, 0.15) is 11.5 Å². The summed E-state index contributed by atoms with van der Waals surface area (Å²) in [5, 5.41) is 4.05. The van der Waals surface area contributed by atoms with E-state index in [2.05, 4.69) is 48.0 Å². The smallest absolute Gasteiger partial charge is 0.251 e. The zero-order valence-electron chi connectivity index (χ0n) is 16.5. The van der Waals surface area contributed by atoms with Crippen molar-refractivity contribution in [3.05, 3.63) is 94.6 Å². The van der Waals surface area contributed by atoms with Gasteiger partial charge in [-0.3, -0.25) is 4.79 Å². The second-order valence-electron chi connectivity index (χ2n) is 7.21. The summed E-state index contributed by atoms with van der Waals surface area (Å²) in [5.74, 6) is 1.51. The summed E-state index contributed by atoms with van der Waals surface area (Å²) in [4.78, 5) is 12.6. The molecule has 4 aromatic rings. The number of nitrogens with one attached hydrogen (secondary N) is 1. The van der Waals surface area contributed by atoms with Crippen molar-refractivity contribution >= 4 is 16.8 Å². The Kier molecular flexibility index (Phi) is 4.78. The number of amides is 1. The molecule has 2 aromatic heterocycles. The highest BCUT2D eigenvalue weighted by molar-refractivity contribution is 5.99. The molecule has 0 bridgehead atoms. The first-order valence-corrected chi connectivity index (χ1v) is 9.50. The fraction of sp³-hybridized carbons (Fsp3) is 0.208. The van der Waals surface area contributed by atoms with E-state index < -0.39 is 0 Å². The van der Waals surface area contributed by atoms with E-state index in [1.54, 1.807) is 0 Å². The molecule has 0 aliphatic rings. The molecule has 0 atom stereocenters. The van der Waals surface area contributed by atoms with Crippen LogP contribution in [-0.4, -0.2) is 10.5 Å². The van der Waals surface area contributed by atoms with Crippen LogP contribution in [0.25, 0.3) is 10.9 Å². The van der Waals surface area contributed by atoms with Gasteiger partial charge in [-0.25, -0.2) is 0 Å². The van der Waals surface area contributed by atoms with E-state index in [9.17, 15) is 4.79 Å². The Morgan fingerprint density at radius 1 is 1.00 bits per heavy atom. The Morgan fingerprint density at radius 3 is 2.50 bits per heavy atom. The topological polar surface area (TPSA) is 47.2 Å². The van der Waals surface area contributed by atoms with Crippen molar-refractivity contribution in [2.75, 3.05) is 0 Å². The molecule has 0 spiro atoms. The molecule has 2 heterocycles. The maximum absolute atomic E-state index is 12.6. The molecule has 4 nitrogen and oxygen atoms in total. The van der Waals surface area contributed by atoms with Gasteiger partial charge in [-0.05, 0) is 62.2 Å². The predicted octanol–water partition coefficient (Wildman–Crippen LogP) is 5.14. The highest BCUT2D eigenvalue weighted by atomic mass is 16.3. The van der Waals surface area contributed by atoms with Gasteiger partial charge in [-0.15, -0.1) is 0 Å². The highest BCUT2D eigenvalue weighted by Gasteiger charge is 2.14. The average Bonchev–Trinajstić information content (AvgIpc) is 3.23. The van der Waals surface area contributed by atoms with Crippen molar-refractivity contribution in [3.8, 4) is 0 Å². The third-order valence-corrected chi connectivity index (χ3v) is 5.30. The van der Waals surface area contributed by atoms with Crippen LogP contribution >= 0.6 is 0 Å². The molecule has 0 radical (unpaired) electrons. The van der Waals surface area contributed by atoms with Crippen molar-refractivity contribution in [2.45, 2.75) is 33.9 Å². The van der Waals surface area contributed by atoms with E-state index in [0.717, 1.165) is 29.0 Å². The van der Waals surface area contributed by atoms with Gasteiger partial charge in [-0.1, -0.05) is 30.3 Å². The number of hydrogen-bond acceptors (Lipinski definition) is 2. The molecule has 28 heavy (non-hydrogen) atoms. The van der Waals surface area contributed by atoms with Crippen LogP contribution in [0.4, 0.5) is 0 Å². The maximum atomic E-state index is 12.6. The number of hydrogen-bond donors (Lipinski definition) is 1. The van der Waals surface area contributed by atoms with Crippen LogP contribution < -0.4 is 5.32 Å². The average molecular weight is 372 g/mol. The van der Waals surface area contributed by atoms with E-state index in [4.69, 9.17) is 4.42 Å². The largest absolute Gasteiger partial charge is 0.465 e. The molecule has 0 unspecified atom stereocenters. The van der Waals surface area contributed by atoms with Crippen LogP contribution in [-0.2, 0) is 13.1 Å². The molecular formula is C24H24N2O2. The Bertz CT molecular complexity index is 1140. The van der Waals surface area contributed by atoms with Crippen LogP contribution in [0.15, 0.2) is 65.1 Å². The summed E-state index contributed by atoms with van der Waals surface area (Å²) < 4.78 is 7.83. The molecule has 0 saturated carbocycles. The van der Waals surface area contributed by atoms with Crippen molar-refractivity contribution in [1.82, 2.24) is 9.88 Å². The Hall–Kier alpha value is -3.27. The number of benzene rings is 2. The highest BCUT2D eigenvalue weighted by Crippen LogP contribution is 2.27. The van der Waals surface area contributed by atoms with Crippen molar-refractivity contribution in [2.24, 2.45) is 0 Å². The van der Waals surface area contributed by atoms with Gasteiger partial charge >= 0.3 is 0 Å². The van der Waals surface area contributed by atoms with Crippen LogP contribution in [0, 0.1) is 20.8 Å². The van der Waals surface area contributed by atoms with E-state index >= 15 is 0 Å². The Morgan fingerprint density at radius 2 is 1.79 bits per heavy atom. The summed E-state index contributed by atoms with van der Waals surface area (Å²) in [6, 6.07) is 20.1. The van der Waals surface area contributed by atoms with E-state index in [1.807, 2.05) is 43.3 Å². The van der Waals surface area contributed by atoms with Gasteiger partial charge in [0, 0.05) is 28.7 Å². The van der Waals surface area contributed by atoms with Gasteiger partial charge in [-0.2, -0.15) is 0 Å². The predicted molar refractivity (Wildman–Crippen MR) is 112 cm³/mol. The summed E-state index contributed by atoms with van der Waals surface area (Å²) >= 11 is 0. The zero-order valence-corrected chi connectivity index (χ0v) is 16.5. The zero-order chi connectivity index (χ0) is 19.7. The standard InChI is InChI=1S/C24H24N2O2/c1-16-9-11-21(28-16)14-25-24(27)20-10-12-23-22(13-20)17(2)18(3)26(23)15-19-7-5-4-6-8-19/h4-13H,14-15H2,1-3H3,(H,25,27). The molecule has 4 heteroatoms. The molecule has 4 rings (SSSR count). The SMILES string of the molecule is Cc1ccc(CNC(=O)c2ccc3c(c2)c(C)c(C)n3Cc2ccccc2)o1. The third-order valence-electron chi connectivity index (χ3n) is 5.30. The summed E-state index contributed by atoms with van der Waals surface area (Å²) in [7, 11) is 0. The van der Waals surface area contributed by atoms with Crippen LogP contribution in [0.5, 0.6) is 0 Å². The van der Waals surface area contributed by atoms with E-state index in [-0.39, 0.29) is 5.91 Å². The monoisotopic (exact) mass is 372 g/mol. The number of aromatic nitrogens is 1. The third kappa shape index (κ3) is 3.46. The lowest BCUT2D eigenvalue weighted by atomic mass is 10.1. The van der Waals surface area contributed by atoms with Crippen LogP contribution in [0.1, 0.15) is 38.7 Å².